The summed E-state index contributed by atoms with van der Waals surface area (Å²) >= 11 is 0. The smallest absolute Gasteiger partial charge is 0.291 e. The van der Waals surface area contributed by atoms with E-state index in [9.17, 15) is 9.59 Å². The van der Waals surface area contributed by atoms with Gasteiger partial charge in [-0.3, -0.25) is 14.5 Å². The zero-order valence-electron chi connectivity index (χ0n) is 21.6. The van der Waals surface area contributed by atoms with Crippen LogP contribution in [0.15, 0.2) is 77.2 Å². The molecule has 0 unspecified atom stereocenters. The minimum absolute atomic E-state index is 0.103. The fourth-order valence-corrected chi connectivity index (χ4v) is 4.77. The van der Waals surface area contributed by atoms with E-state index in [1.807, 2.05) is 42.5 Å². The van der Waals surface area contributed by atoms with Crippen LogP contribution in [0.1, 0.15) is 21.7 Å². The van der Waals surface area contributed by atoms with Crippen molar-refractivity contribution in [2.75, 3.05) is 45.7 Å². The van der Waals surface area contributed by atoms with Gasteiger partial charge in [-0.15, -0.1) is 0 Å². The topological polar surface area (TPSA) is 84.3 Å². The van der Waals surface area contributed by atoms with E-state index < -0.39 is 0 Å². The molecule has 5 rings (SSSR count). The number of para-hydroxylation sites is 1. The van der Waals surface area contributed by atoms with E-state index in [2.05, 4.69) is 22.3 Å². The minimum Gasteiger partial charge on any atom is -0.493 e. The van der Waals surface area contributed by atoms with Crippen molar-refractivity contribution in [3.05, 3.63) is 89.7 Å². The van der Waals surface area contributed by atoms with Crippen LogP contribution in [-0.4, -0.2) is 62.0 Å². The number of piperazine rings is 1. The van der Waals surface area contributed by atoms with Crippen molar-refractivity contribution in [3.63, 3.8) is 0 Å². The monoisotopic (exact) mass is 513 g/mol. The maximum Gasteiger partial charge on any atom is 0.291 e. The van der Waals surface area contributed by atoms with Crippen LogP contribution in [0.2, 0.25) is 0 Å². The number of furan rings is 1. The second-order valence-corrected chi connectivity index (χ2v) is 9.27. The average molecular weight is 514 g/mol. The highest BCUT2D eigenvalue weighted by molar-refractivity contribution is 6.11. The molecule has 1 aliphatic rings. The van der Waals surface area contributed by atoms with Crippen LogP contribution in [0, 0.1) is 0 Å². The lowest BCUT2D eigenvalue weighted by Gasteiger charge is -2.34. The normalized spacial score (nSPS) is 13.9. The molecule has 4 aromatic rings. The molecule has 2 heterocycles. The van der Waals surface area contributed by atoms with Gasteiger partial charge >= 0.3 is 0 Å². The summed E-state index contributed by atoms with van der Waals surface area (Å²) in [6, 6.07) is 23.0. The number of benzene rings is 3. The molecule has 2 amide bonds. The summed E-state index contributed by atoms with van der Waals surface area (Å²) in [5.74, 6) is 0.818. The minimum atomic E-state index is -0.259. The molecule has 8 nitrogen and oxygen atoms in total. The number of hydrogen-bond donors (Lipinski definition) is 1. The van der Waals surface area contributed by atoms with Gasteiger partial charge in [0.1, 0.15) is 11.3 Å². The lowest BCUT2D eigenvalue weighted by Crippen LogP contribution is -2.48. The zero-order valence-corrected chi connectivity index (χ0v) is 21.6. The number of carbonyl (C=O) groups is 2. The Hall–Kier alpha value is -4.30. The highest BCUT2D eigenvalue weighted by Gasteiger charge is 2.29. The predicted molar refractivity (Wildman–Crippen MR) is 146 cm³/mol. The number of anilines is 1. The average Bonchev–Trinajstić information content (AvgIpc) is 3.31. The Morgan fingerprint density at radius 3 is 2.29 bits per heavy atom. The molecule has 3 aromatic carbocycles. The Morgan fingerprint density at radius 2 is 1.55 bits per heavy atom. The second-order valence-electron chi connectivity index (χ2n) is 9.27. The molecule has 1 saturated heterocycles. The number of carbonyl (C=O) groups excluding carboxylic acids is 2. The van der Waals surface area contributed by atoms with Gasteiger partial charge in [0, 0.05) is 38.1 Å². The van der Waals surface area contributed by atoms with Crippen molar-refractivity contribution in [3.8, 4) is 11.5 Å². The number of methoxy groups -OCH3 is 2. The molecule has 1 aromatic heterocycles. The molecular formula is C30H31N3O5. The number of nitrogens with zero attached hydrogens (tertiary/aromatic N) is 2. The second kappa shape index (κ2) is 11.4. The molecule has 0 atom stereocenters. The Morgan fingerprint density at radius 1 is 0.842 bits per heavy atom. The van der Waals surface area contributed by atoms with Gasteiger partial charge in [0.2, 0.25) is 11.7 Å². The molecule has 1 N–H and O–H groups in total. The van der Waals surface area contributed by atoms with Crippen LogP contribution < -0.4 is 14.8 Å². The molecule has 196 valence electrons. The van der Waals surface area contributed by atoms with Gasteiger partial charge in [-0.1, -0.05) is 48.5 Å². The summed E-state index contributed by atoms with van der Waals surface area (Å²) in [6.45, 7) is 3.55. The first-order valence-corrected chi connectivity index (χ1v) is 12.6. The molecule has 0 aliphatic carbocycles. The highest BCUT2D eigenvalue weighted by atomic mass is 16.5. The Bertz CT molecular complexity index is 1420. The summed E-state index contributed by atoms with van der Waals surface area (Å²) in [7, 11) is 3.12. The van der Waals surface area contributed by atoms with Gasteiger partial charge in [0.05, 0.1) is 20.6 Å². The molecular weight excluding hydrogens is 482 g/mol. The SMILES string of the molecule is COc1ccc(CC(=O)Nc2c(C(=O)N3CCN(Cc4ccccc4)CC3)oc3ccccc23)cc1OC. The maximum absolute atomic E-state index is 13.6. The van der Waals surface area contributed by atoms with Crippen LogP contribution in [0.4, 0.5) is 5.69 Å². The Balaban J connectivity index is 1.31. The third-order valence-corrected chi connectivity index (χ3v) is 6.78. The van der Waals surface area contributed by atoms with Crippen LogP contribution in [0.5, 0.6) is 11.5 Å². The number of hydrogen-bond acceptors (Lipinski definition) is 6. The third kappa shape index (κ3) is 5.50. The Kier molecular flexibility index (Phi) is 7.60. The molecule has 1 fully saturated rings. The van der Waals surface area contributed by atoms with E-state index >= 15 is 0 Å². The summed E-state index contributed by atoms with van der Waals surface area (Å²) in [5, 5.41) is 3.64. The van der Waals surface area contributed by atoms with Gasteiger partial charge in [0.25, 0.3) is 5.91 Å². The van der Waals surface area contributed by atoms with E-state index in [0.29, 0.717) is 41.2 Å². The first-order chi connectivity index (χ1) is 18.6. The lowest BCUT2D eigenvalue weighted by atomic mass is 10.1. The predicted octanol–water partition coefficient (Wildman–Crippen LogP) is 4.59. The van der Waals surface area contributed by atoms with Crippen LogP contribution in [0.25, 0.3) is 11.0 Å². The van der Waals surface area contributed by atoms with Crippen LogP contribution in [-0.2, 0) is 17.8 Å². The molecule has 8 heteroatoms. The van der Waals surface area contributed by atoms with Crippen LogP contribution in [0.3, 0.4) is 0 Å². The number of ether oxygens (including phenoxy) is 2. The lowest BCUT2D eigenvalue weighted by molar-refractivity contribution is -0.115. The molecule has 0 bridgehead atoms. The number of nitrogens with one attached hydrogen (secondary N) is 1. The number of fused-ring (bicyclic) bond motifs is 1. The first-order valence-electron chi connectivity index (χ1n) is 12.6. The van der Waals surface area contributed by atoms with E-state index in [4.69, 9.17) is 13.9 Å². The van der Waals surface area contributed by atoms with Gasteiger partial charge in [-0.05, 0) is 35.4 Å². The molecule has 0 spiro atoms. The van der Waals surface area contributed by atoms with Crippen molar-refractivity contribution in [1.82, 2.24) is 9.80 Å². The fraction of sp³-hybridized carbons (Fsp3) is 0.267. The molecule has 0 saturated carbocycles. The van der Waals surface area contributed by atoms with E-state index in [-0.39, 0.29) is 24.0 Å². The summed E-state index contributed by atoms with van der Waals surface area (Å²) < 4.78 is 16.6. The zero-order chi connectivity index (χ0) is 26.5. The number of rotatable bonds is 8. The van der Waals surface area contributed by atoms with Crippen molar-refractivity contribution in [2.24, 2.45) is 0 Å². The van der Waals surface area contributed by atoms with Crippen molar-refractivity contribution in [1.29, 1.82) is 0 Å². The molecule has 1 aliphatic heterocycles. The van der Waals surface area contributed by atoms with Gasteiger partial charge in [0.15, 0.2) is 11.5 Å². The van der Waals surface area contributed by atoms with E-state index in [0.717, 1.165) is 25.2 Å². The number of amides is 2. The van der Waals surface area contributed by atoms with Crippen LogP contribution >= 0.6 is 0 Å². The van der Waals surface area contributed by atoms with Crippen molar-refractivity contribution < 1.29 is 23.5 Å². The highest BCUT2D eigenvalue weighted by Crippen LogP contribution is 2.33. The summed E-state index contributed by atoms with van der Waals surface area (Å²) in [4.78, 5) is 30.8. The Labute approximate surface area is 221 Å². The largest absolute Gasteiger partial charge is 0.493 e. The third-order valence-electron chi connectivity index (χ3n) is 6.78. The quantitative estimate of drug-likeness (QED) is 0.371. The van der Waals surface area contributed by atoms with E-state index in [1.54, 1.807) is 37.3 Å². The summed E-state index contributed by atoms with van der Waals surface area (Å²) in [5.41, 5.74) is 2.97. The molecule has 38 heavy (non-hydrogen) atoms. The van der Waals surface area contributed by atoms with E-state index in [1.165, 1.54) is 5.56 Å². The van der Waals surface area contributed by atoms with Crippen molar-refractivity contribution >= 4 is 28.5 Å². The van der Waals surface area contributed by atoms with Gasteiger partial charge < -0.3 is 24.1 Å². The van der Waals surface area contributed by atoms with Crippen molar-refractivity contribution in [2.45, 2.75) is 13.0 Å². The first kappa shape index (κ1) is 25.4. The molecule has 0 radical (unpaired) electrons. The summed E-state index contributed by atoms with van der Waals surface area (Å²) in [6.07, 6.45) is 0.103. The standard InChI is InChI=1S/C30H31N3O5/c1-36-25-13-12-22(18-26(25)37-2)19-27(34)31-28-23-10-6-7-11-24(23)38-29(28)30(35)33-16-14-32(15-17-33)20-21-8-4-3-5-9-21/h3-13,18H,14-17,19-20H2,1-2H3,(H,31,34). The van der Waals surface area contributed by atoms with Gasteiger partial charge in [-0.25, -0.2) is 0 Å². The fourth-order valence-electron chi connectivity index (χ4n) is 4.77. The van der Waals surface area contributed by atoms with Gasteiger partial charge in [-0.2, -0.15) is 0 Å². The maximum atomic E-state index is 13.6.